The van der Waals surface area contributed by atoms with Crippen molar-refractivity contribution in [3.63, 3.8) is 0 Å². The molecule has 0 saturated heterocycles. The molecule has 1 aliphatic carbocycles. The van der Waals surface area contributed by atoms with Crippen LogP contribution in [0.15, 0.2) is 22.7 Å². The van der Waals surface area contributed by atoms with E-state index in [-0.39, 0.29) is 16.9 Å². The molecule has 1 aromatic rings. The molecule has 0 aliphatic heterocycles. The standard InChI is InChI=1S/C15H19BrFNO/c1-15(7-3-2-4-8-15)10-18-14(19)12-6-5-11(16)9-13(12)17/h5-6,9H,2-4,7-8,10H2,1H3,(H,18,19). The molecule has 1 fully saturated rings. The van der Waals surface area contributed by atoms with Gasteiger partial charge in [-0.25, -0.2) is 4.39 Å². The fourth-order valence-electron chi connectivity index (χ4n) is 2.64. The molecule has 104 valence electrons. The number of carbonyl (C=O) groups is 1. The molecular weight excluding hydrogens is 309 g/mol. The average Bonchev–Trinajstić information content (AvgIpc) is 2.37. The number of nitrogens with one attached hydrogen (secondary N) is 1. The molecule has 0 atom stereocenters. The third kappa shape index (κ3) is 3.78. The van der Waals surface area contributed by atoms with Crippen LogP contribution in [0.2, 0.25) is 0 Å². The Labute approximate surface area is 121 Å². The van der Waals surface area contributed by atoms with Crippen LogP contribution < -0.4 is 5.32 Å². The lowest BCUT2D eigenvalue weighted by molar-refractivity contribution is 0.0915. The Kier molecular flexibility index (Phi) is 4.61. The van der Waals surface area contributed by atoms with Crippen molar-refractivity contribution in [1.82, 2.24) is 5.32 Å². The maximum Gasteiger partial charge on any atom is 0.254 e. The molecule has 0 bridgehead atoms. The Hall–Kier alpha value is -0.900. The molecule has 2 nitrogen and oxygen atoms in total. The van der Waals surface area contributed by atoms with Crippen molar-refractivity contribution in [2.75, 3.05) is 6.54 Å². The fourth-order valence-corrected chi connectivity index (χ4v) is 2.98. The normalized spacial score (nSPS) is 18.1. The molecule has 0 spiro atoms. The molecule has 0 aromatic heterocycles. The highest BCUT2D eigenvalue weighted by molar-refractivity contribution is 9.10. The lowest BCUT2D eigenvalue weighted by Gasteiger charge is -2.33. The quantitative estimate of drug-likeness (QED) is 0.881. The molecule has 0 heterocycles. The molecular formula is C15H19BrFNO. The van der Waals surface area contributed by atoms with Crippen LogP contribution in [-0.4, -0.2) is 12.5 Å². The van der Waals surface area contributed by atoms with Crippen LogP contribution in [-0.2, 0) is 0 Å². The van der Waals surface area contributed by atoms with Gasteiger partial charge in [0.1, 0.15) is 5.82 Å². The molecule has 1 saturated carbocycles. The van der Waals surface area contributed by atoms with Crippen molar-refractivity contribution < 1.29 is 9.18 Å². The first kappa shape index (κ1) is 14.5. The van der Waals surface area contributed by atoms with Gasteiger partial charge in [0.2, 0.25) is 0 Å². The molecule has 1 N–H and O–H groups in total. The first-order valence-corrected chi connectivity index (χ1v) is 7.53. The van der Waals surface area contributed by atoms with Crippen molar-refractivity contribution in [1.29, 1.82) is 0 Å². The molecule has 0 radical (unpaired) electrons. The summed E-state index contributed by atoms with van der Waals surface area (Å²) in [5.74, 6) is -0.808. The van der Waals surface area contributed by atoms with Crippen LogP contribution in [0.5, 0.6) is 0 Å². The van der Waals surface area contributed by atoms with Crippen LogP contribution in [0.25, 0.3) is 0 Å². The number of rotatable bonds is 3. The summed E-state index contributed by atoms with van der Waals surface area (Å²) >= 11 is 3.18. The summed E-state index contributed by atoms with van der Waals surface area (Å²) in [5.41, 5.74) is 0.280. The lowest BCUT2D eigenvalue weighted by atomic mass is 9.76. The van der Waals surface area contributed by atoms with E-state index in [0.717, 1.165) is 12.8 Å². The number of halogens is 2. The van der Waals surface area contributed by atoms with Gasteiger partial charge in [0.05, 0.1) is 5.56 Å². The van der Waals surface area contributed by atoms with Gasteiger partial charge < -0.3 is 5.32 Å². The van der Waals surface area contributed by atoms with E-state index in [1.165, 1.54) is 31.4 Å². The van der Waals surface area contributed by atoms with Gasteiger partial charge in [-0.05, 0) is 36.5 Å². The summed E-state index contributed by atoms with van der Waals surface area (Å²) in [4.78, 5) is 12.0. The highest BCUT2D eigenvalue weighted by Crippen LogP contribution is 2.35. The van der Waals surface area contributed by atoms with E-state index >= 15 is 0 Å². The predicted octanol–water partition coefficient (Wildman–Crippen LogP) is 4.29. The Morgan fingerprint density at radius 2 is 2.05 bits per heavy atom. The van der Waals surface area contributed by atoms with E-state index in [9.17, 15) is 9.18 Å². The lowest BCUT2D eigenvalue weighted by Crippen LogP contribution is -2.37. The molecule has 1 aliphatic rings. The van der Waals surface area contributed by atoms with Gasteiger partial charge in [0.25, 0.3) is 5.91 Å². The van der Waals surface area contributed by atoms with E-state index in [0.29, 0.717) is 11.0 Å². The minimum Gasteiger partial charge on any atom is -0.351 e. The number of benzene rings is 1. The largest absolute Gasteiger partial charge is 0.351 e. The molecule has 2 rings (SSSR count). The van der Waals surface area contributed by atoms with E-state index in [2.05, 4.69) is 28.2 Å². The van der Waals surface area contributed by atoms with Gasteiger partial charge in [-0.15, -0.1) is 0 Å². The second-order valence-corrected chi connectivity index (χ2v) is 6.59. The topological polar surface area (TPSA) is 29.1 Å². The maximum atomic E-state index is 13.7. The zero-order valence-electron chi connectivity index (χ0n) is 11.1. The number of hydrogen-bond donors (Lipinski definition) is 1. The van der Waals surface area contributed by atoms with Crippen LogP contribution in [0.1, 0.15) is 49.4 Å². The number of hydrogen-bond acceptors (Lipinski definition) is 1. The van der Waals surface area contributed by atoms with Gasteiger partial charge in [0, 0.05) is 11.0 Å². The van der Waals surface area contributed by atoms with E-state index in [1.807, 2.05) is 0 Å². The van der Waals surface area contributed by atoms with Gasteiger partial charge in [-0.3, -0.25) is 4.79 Å². The second kappa shape index (κ2) is 6.04. The number of carbonyl (C=O) groups excluding carboxylic acids is 1. The SMILES string of the molecule is CC1(CNC(=O)c2ccc(Br)cc2F)CCCCC1. The van der Waals surface area contributed by atoms with Crippen molar-refractivity contribution in [2.45, 2.75) is 39.0 Å². The smallest absolute Gasteiger partial charge is 0.254 e. The summed E-state index contributed by atoms with van der Waals surface area (Å²) in [5, 5.41) is 2.88. The number of amides is 1. The van der Waals surface area contributed by atoms with E-state index < -0.39 is 5.82 Å². The Bertz CT molecular complexity index is 469. The molecule has 4 heteroatoms. The first-order chi connectivity index (χ1) is 9.00. The summed E-state index contributed by atoms with van der Waals surface area (Å²) in [6.45, 7) is 2.83. The van der Waals surface area contributed by atoms with Gasteiger partial charge in [-0.1, -0.05) is 42.1 Å². The van der Waals surface area contributed by atoms with Crippen molar-refractivity contribution in [3.05, 3.63) is 34.1 Å². The highest BCUT2D eigenvalue weighted by Gasteiger charge is 2.27. The zero-order chi connectivity index (χ0) is 13.9. The fraction of sp³-hybridized carbons (Fsp3) is 0.533. The van der Waals surface area contributed by atoms with Crippen molar-refractivity contribution in [2.24, 2.45) is 5.41 Å². The van der Waals surface area contributed by atoms with Crippen LogP contribution >= 0.6 is 15.9 Å². The monoisotopic (exact) mass is 327 g/mol. The highest BCUT2D eigenvalue weighted by atomic mass is 79.9. The third-order valence-corrected chi connectivity index (χ3v) is 4.41. The van der Waals surface area contributed by atoms with Gasteiger partial charge in [0.15, 0.2) is 0 Å². The Balaban J connectivity index is 1.97. The van der Waals surface area contributed by atoms with Crippen molar-refractivity contribution >= 4 is 21.8 Å². The summed E-state index contributed by atoms with van der Waals surface area (Å²) in [7, 11) is 0. The Morgan fingerprint density at radius 3 is 2.68 bits per heavy atom. The average molecular weight is 328 g/mol. The van der Waals surface area contributed by atoms with Gasteiger partial charge in [-0.2, -0.15) is 0 Å². The van der Waals surface area contributed by atoms with Crippen molar-refractivity contribution in [3.8, 4) is 0 Å². The van der Waals surface area contributed by atoms with Crippen LogP contribution in [0.3, 0.4) is 0 Å². The third-order valence-electron chi connectivity index (χ3n) is 3.91. The minimum atomic E-state index is -0.485. The molecule has 1 aromatic carbocycles. The second-order valence-electron chi connectivity index (χ2n) is 5.68. The molecule has 19 heavy (non-hydrogen) atoms. The van der Waals surface area contributed by atoms with Gasteiger partial charge >= 0.3 is 0 Å². The summed E-state index contributed by atoms with van der Waals surface area (Å²) < 4.78 is 14.3. The minimum absolute atomic E-state index is 0.114. The Morgan fingerprint density at radius 1 is 1.37 bits per heavy atom. The summed E-state index contributed by atoms with van der Waals surface area (Å²) in [6.07, 6.45) is 6.00. The first-order valence-electron chi connectivity index (χ1n) is 6.73. The van der Waals surface area contributed by atoms with Crippen LogP contribution in [0, 0.1) is 11.2 Å². The molecule has 1 amide bonds. The maximum absolute atomic E-state index is 13.7. The van der Waals surface area contributed by atoms with E-state index in [4.69, 9.17) is 0 Å². The summed E-state index contributed by atoms with van der Waals surface area (Å²) in [6, 6.07) is 4.51. The predicted molar refractivity (Wildman–Crippen MR) is 77.6 cm³/mol. The van der Waals surface area contributed by atoms with Crippen LogP contribution in [0.4, 0.5) is 4.39 Å². The zero-order valence-corrected chi connectivity index (χ0v) is 12.7. The van der Waals surface area contributed by atoms with E-state index in [1.54, 1.807) is 6.07 Å². The molecule has 0 unspecified atom stereocenters.